The van der Waals surface area contributed by atoms with E-state index < -0.39 is 0 Å². The van der Waals surface area contributed by atoms with Gasteiger partial charge in [-0.1, -0.05) is 17.7 Å². The zero-order valence-electron chi connectivity index (χ0n) is 9.82. The van der Waals surface area contributed by atoms with Crippen LogP contribution in [0.3, 0.4) is 0 Å². The highest BCUT2D eigenvalue weighted by Crippen LogP contribution is 2.28. The summed E-state index contributed by atoms with van der Waals surface area (Å²) in [5, 5.41) is 3.40. The van der Waals surface area contributed by atoms with Crippen molar-refractivity contribution in [2.75, 3.05) is 12.8 Å². The molecule has 1 aromatic heterocycles. The molecule has 18 heavy (non-hydrogen) atoms. The average molecular weight is 266 g/mol. The Balaban J connectivity index is 2.49. The highest BCUT2D eigenvalue weighted by molar-refractivity contribution is 6.30. The molecule has 0 fully saturated rings. The zero-order chi connectivity index (χ0) is 13.1. The van der Waals surface area contributed by atoms with Crippen LogP contribution < -0.4 is 11.1 Å². The lowest BCUT2D eigenvalue weighted by Crippen LogP contribution is -2.20. The number of nitrogens with two attached hydrogens (primary N) is 1. The SMILES string of the molecule is CNC(c1cnccc1N)c1ccc(Cl)cc1F. The number of hydrogen-bond donors (Lipinski definition) is 2. The van der Waals surface area contributed by atoms with Gasteiger partial charge in [0, 0.05) is 34.2 Å². The molecule has 0 radical (unpaired) electrons. The molecular weight excluding hydrogens is 253 g/mol. The number of aromatic nitrogens is 1. The molecule has 0 aliphatic rings. The van der Waals surface area contributed by atoms with Gasteiger partial charge in [0.1, 0.15) is 5.82 Å². The second-order valence-corrected chi connectivity index (χ2v) is 4.33. The standard InChI is InChI=1S/C13H13ClFN3/c1-17-13(10-7-18-5-4-12(10)16)9-3-2-8(14)6-11(9)15/h2-7,13,17H,1H3,(H2,16,18). The number of rotatable bonds is 3. The van der Waals surface area contributed by atoms with Crippen LogP contribution in [0.2, 0.25) is 5.02 Å². The summed E-state index contributed by atoms with van der Waals surface area (Å²) in [5.74, 6) is -0.370. The summed E-state index contributed by atoms with van der Waals surface area (Å²) in [7, 11) is 1.74. The van der Waals surface area contributed by atoms with Gasteiger partial charge in [0.2, 0.25) is 0 Å². The quantitative estimate of drug-likeness (QED) is 0.897. The Bertz CT molecular complexity index is 560. The Kier molecular flexibility index (Phi) is 3.79. The monoisotopic (exact) mass is 265 g/mol. The fourth-order valence-corrected chi connectivity index (χ4v) is 2.03. The van der Waals surface area contributed by atoms with E-state index in [-0.39, 0.29) is 11.9 Å². The minimum absolute atomic E-state index is 0.351. The van der Waals surface area contributed by atoms with Gasteiger partial charge in [-0.15, -0.1) is 0 Å². The molecule has 0 aliphatic heterocycles. The van der Waals surface area contributed by atoms with Gasteiger partial charge in [-0.2, -0.15) is 0 Å². The average Bonchev–Trinajstić information content (AvgIpc) is 2.34. The zero-order valence-corrected chi connectivity index (χ0v) is 10.6. The number of nitrogen functional groups attached to an aromatic ring is 1. The molecule has 2 rings (SSSR count). The van der Waals surface area contributed by atoms with Crippen LogP contribution in [0.4, 0.5) is 10.1 Å². The maximum Gasteiger partial charge on any atom is 0.129 e. The predicted octanol–water partition coefficient (Wildman–Crippen LogP) is 2.77. The summed E-state index contributed by atoms with van der Waals surface area (Å²) in [5.41, 5.74) is 7.68. The lowest BCUT2D eigenvalue weighted by atomic mass is 9.98. The van der Waals surface area contributed by atoms with E-state index in [1.165, 1.54) is 6.07 Å². The van der Waals surface area contributed by atoms with Crippen LogP contribution in [0, 0.1) is 5.82 Å². The first kappa shape index (κ1) is 12.8. The maximum absolute atomic E-state index is 13.9. The van der Waals surface area contributed by atoms with Crippen molar-refractivity contribution in [2.45, 2.75) is 6.04 Å². The van der Waals surface area contributed by atoms with Crippen LogP contribution in [-0.2, 0) is 0 Å². The second kappa shape index (κ2) is 5.33. The summed E-state index contributed by atoms with van der Waals surface area (Å²) in [6.45, 7) is 0. The van der Waals surface area contributed by atoms with E-state index in [4.69, 9.17) is 17.3 Å². The van der Waals surface area contributed by atoms with E-state index >= 15 is 0 Å². The summed E-state index contributed by atoms with van der Waals surface area (Å²) < 4.78 is 13.9. The Morgan fingerprint density at radius 2 is 2.11 bits per heavy atom. The van der Waals surface area contributed by atoms with Crippen molar-refractivity contribution < 1.29 is 4.39 Å². The van der Waals surface area contributed by atoms with Gasteiger partial charge in [0.05, 0.1) is 6.04 Å². The van der Waals surface area contributed by atoms with Crippen molar-refractivity contribution in [2.24, 2.45) is 0 Å². The summed E-state index contributed by atoms with van der Waals surface area (Å²) >= 11 is 5.74. The molecule has 0 saturated carbocycles. The molecule has 94 valence electrons. The maximum atomic E-state index is 13.9. The fourth-order valence-electron chi connectivity index (χ4n) is 1.87. The van der Waals surface area contributed by atoms with Crippen molar-refractivity contribution in [3.63, 3.8) is 0 Å². The Morgan fingerprint density at radius 3 is 2.72 bits per heavy atom. The van der Waals surface area contributed by atoms with E-state index in [2.05, 4.69) is 10.3 Å². The number of anilines is 1. The molecule has 0 spiro atoms. The number of halogens is 2. The third-order valence-corrected chi connectivity index (χ3v) is 3.00. The first-order valence-electron chi connectivity index (χ1n) is 5.45. The lowest BCUT2D eigenvalue weighted by molar-refractivity contribution is 0.576. The van der Waals surface area contributed by atoms with E-state index in [0.717, 1.165) is 5.56 Å². The van der Waals surface area contributed by atoms with Gasteiger partial charge >= 0.3 is 0 Å². The molecule has 1 atom stereocenters. The number of nitrogens with one attached hydrogen (secondary N) is 1. The highest BCUT2D eigenvalue weighted by atomic mass is 35.5. The first-order chi connectivity index (χ1) is 8.63. The van der Waals surface area contributed by atoms with E-state index in [9.17, 15) is 4.39 Å². The Hall–Kier alpha value is -1.65. The summed E-state index contributed by atoms with van der Waals surface area (Å²) in [6, 6.07) is 5.92. The molecule has 0 amide bonds. The molecule has 2 aromatic rings. The van der Waals surface area contributed by atoms with E-state index in [0.29, 0.717) is 16.3 Å². The summed E-state index contributed by atoms with van der Waals surface area (Å²) in [4.78, 5) is 4.02. The van der Waals surface area contributed by atoms with E-state index in [1.807, 2.05) is 0 Å². The third-order valence-electron chi connectivity index (χ3n) is 2.76. The number of nitrogens with zero attached hydrogens (tertiary/aromatic N) is 1. The molecule has 1 unspecified atom stereocenters. The van der Waals surface area contributed by atoms with E-state index in [1.54, 1.807) is 37.6 Å². The first-order valence-corrected chi connectivity index (χ1v) is 5.83. The molecule has 1 aromatic carbocycles. The summed E-state index contributed by atoms with van der Waals surface area (Å²) in [6.07, 6.45) is 3.23. The third kappa shape index (κ3) is 2.44. The van der Waals surface area contributed by atoms with Crippen LogP contribution >= 0.6 is 11.6 Å². The number of hydrogen-bond acceptors (Lipinski definition) is 3. The van der Waals surface area contributed by atoms with Gasteiger partial charge < -0.3 is 11.1 Å². The minimum atomic E-state index is -0.370. The Labute approximate surface area is 110 Å². The van der Waals surface area contributed by atoms with Gasteiger partial charge in [-0.3, -0.25) is 4.98 Å². The molecule has 5 heteroatoms. The van der Waals surface area contributed by atoms with Gasteiger partial charge in [0.25, 0.3) is 0 Å². The van der Waals surface area contributed by atoms with Crippen LogP contribution in [-0.4, -0.2) is 12.0 Å². The largest absolute Gasteiger partial charge is 0.398 e. The van der Waals surface area contributed by atoms with Crippen molar-refractivity contribution >= 4 is 17.3 Å². The Morgan fingerprint density at radius 1 is 1.33 bits per heavy atom. The molecule has 1 heterocycles. The predicted molar refractivity (Wildman–Crippen MR) is 71.0 cm³/mol. The molecular formula is C13H13ClFN3. The lowest BCUT2D eigenvalue weighted by Gasteiger charge is -2.19. The minimum Gasteiger partial charge on any atom is -0.398 e. The molecule has 3 nitrogen and oxygen atoms in total. The second-order valence-electron chi connectivity index (χ2n) is 3.89. The molecule has 0 bridgehead atoms. The smallest absolute Gasteiger partial charge is 0.129 e. The van der Waals surface area contributed by atoms with Gasteiger partial charge in [-0.25, -0.2) is 4.39 Å². The molecule has 3 N–H and O–H groups in total. The normalized spacial score (nSPS) is 12.4. The number of pyridine rings is 1. The highest BCUT2D eigenvalue weighted by Gasteiger charge is 2.18. The van der Waals surface area contributed by atoms with Crippen molar-refractivity contribution in [1.82, 2.24) is 10.3 Å². The van der Waals surface area contributed by atoms with Gasteiger partial charge in [-0.05, 0) is 25.2 Å². The van der Waals surface area contributed by atoms with Crippen molar-refractivity contribution in [3.8, 4) is 0 Å². The van der Waals surface area contributed by atoms with Crippen LogP contribution in [0.25, 0.3) is 0 Å². The van der Waals surface area contributed by atoms with Crippen LogP contribution in [0.5, 0.6) is 0 Å². The van der Waals surface area contributed by atoms with Crippen molar-refractivity contribution in [1.29, 1.82) is 0 Å². The van der Waals surface area contributed by atoms with Crippen LogP contribution in [0.1, 0.15) is 17.2 Å². The molecule has 0 saturated heterocycles. The number of benzene rings is 1. The van der Waals surface area contributed by atoms with Gasteiger partial charge in [0.15, 0.2) is 0 Å². The topological polar surface area (TPSA) is 50.9 Å². The van der Waals surface area contributed by atoms with Crippen molar-refractivity contribution in [3.05, 3.63) is 58.6 Å². The fraction of sp³-hybridized carbons (Fsp3) is 0.154. The van der Waals surface area contributed by atoms with Crippen LogP contribution in [0.15, 0.2) is 36.7 Å². The molecule has 0 aliphatic carbocycles.